The quantitative estimate of drug-likeness (QED) is 0.499. The van der Waals surface area contributed by atoms with Crippen molar-refractivity contribution in [3.63, 3.8) is 0 Å². The highest BCUT2D eigenvalue weighted by Gasteiger charge is 2.61. The van der Waals surface area contributed by atoms with Crippen molar-refractivity contribution in [2.45, 2.75) is 117 Å². The summed E-state index contributed by atoms with van der Waals surface area (Å²) < 4.78 is 4.70. The number of carbonyl (C=O) groups excluding carboxylic acids is 1. The lowest BCUT2D eigenvalue weighted by molar-refractivity contribution is -0.216. The van der Waals surface area contributed by atoms with E-state index in [4.69, 9.17) is 4.74 Å². The van der Waals surface area contributed by atoms with Crippen molar-refractivity contribution in [1.82, 2.24) is 0 Å². The number of aliphatic hydroxyl groups is 3. The first-order chi connectivity index (χ1) is 13.7. The van der Waals surface area contributed by atoms with Crippen molar-refractivity contribution < 1.29 is 24.9 Å². The maximum atomic E-state index is 12.0. The van der Waals surface area contributed by atoms with Gasteiger partial charge in [0.25, 0.3) is 0 Å². The molecule has 2 saturated carbocycles. The Kier molecular flexibility index (Phi) is 7.74. The number of carbonyl (C=O) groups is 1. The molecule has 0 heterocycles. The summed E-state index contributed by atoms with van der Waals surface area (Å²) in [6, 6.07) is 0. The Labute approximate surface area is 183 Å². The predicted octanol–water partition coefficient (Wildman–Crippen LogP) is 4.46. The molecule has 0 aromatic rings. The summed E-state index contributed by atoms with van der Waals surface area (Å²) in [7, 11) is 1.31. The lowest BCUT2D eigenvalue weighted by atomic mass is 9.44. The maximum absolute atomic E-state index is 12.0. The highest BCUT2D eigenvalue weighted by molar-refractivity contribution is 5.72. The van der Waals surface area contributed by atoms with Gasteiger partial charge in [0.2, 0.25) is 0 Å². The molecule has 0 amide bonds. The van der Waals surface area contributed by atoms with Crippen LogP contribution in [0.5, 0.6) is 0 Å². The molecule has 2 aliphatic rings. The minimum atomic E-state index is -1.00. The van der Waals surface area contributed by atoms with Crippen molar-refractivity contribution in [1.29, 1.82) is 0 Å². The average molecular weight is 427 g/mol. The van der Waals surface area contributed by atoms with Crippen LogP contribution in [0.2, 0.25) is 0 Å². The van der Waals surface area contributed by atoms with Crippen LogP contribution in [0.15, 0.2) is 0 Å². The minimum Gasteiger partial charge on any atom is -0.469 e. The van der Waals surface area contributed by atoms with Gasteiger partial charge in [-0.25, -0.2) is 0 Å². The fraction of sp³-hybridized carbons (Fsp3) is 0.960. The Morgan fingerprint density at radius 3 is 2.43 bits per heavy atom. The molecule has 0 saturated heterocycles. The average Bonchev–Trinajstić information content (AvgIpc) is 2.67. The lowest BCUT2D eigenvalue weighted by Gasteiger charge is -2.63. The first-order valence-corrected chi connectivity index (χ1v) is 11.9. The van der Waals surface area contributed by atoms with E-state index in [0.29, 0.717) is 31.6 Å². The number of hydrogen-bond acceptors (Lipinski definition) is 5. The predicted molar refractivity (Wildman–Crippen MR) is 119 cm³/mol. The fourth-order valence-electron chi connectivity index (χ4n) is 6.74. The minimum absolute atomic E-state index is 0.137. The van der Waals surface area contributed by atoms with Crippen LogP contribution in [0, 0.1) is 28.6 Å². The number of hydrogen-bond donors (Lipinski definition) is 3. The normalized spacial score (nSPS) is 37.5. The highest BCUT2D eigenvalue weighted by Crippen LogP contribution is 2.63. The molecular formula is C25H46O5. The fourth-order valence-corrected chi connectivity index (χ4v) is 6.74. The highest BCUT2D eigenvalue weighted by atomic mass is 16.5. The van der Waals surface area contributed by atoms with Gasteiger partial charge in [0.15, 0.2) is 0 Å². The summed E-state index contributed by atoms with van der Waals surface area (Å²) in [6.45, 7) is 12.6. The van der Waals surface area contributed by atoms with Crippen molar-refractivity contribution in [3.05, 3.63) is 0 Å². The molecule has 0 aliphatic heterocycles. The number of esters is 1. The van der Waals surface area contributed by atoms with E-state index in [1.54, 1.807) is 13.8 Å². The van der Waals surface area contributed by atoms with Gasteiger partial charge in [0.1, 0.15) is 0 Å². The number of fused-ring (bicyclic) bond motifs is 1. The van der Waals surface area contributed by atoms with Gasteiger partial charge < -0.3 is 20.1 Å². The summed E-state index contributed by atoms with van der Waals surface area (Å²) >= 11 is 0. The van der Waals surface area contributed by atoms with Crippen LogP contribution in [-0.4, -0.2) is 45.7 Å². The van der Waals surface area contributed by atoms with Crippen LogP contribution in [0.4, 0.5) is 0 Å². The van der Waals surface area contributed by atoms with Crippen LogP contribution in [0.3, 0.4) is 0 Å². The lowest BCUT2D eigenvalue weighted by Crippen LogP contribution is -2.62. The molecule has 2 aliphatic carbocycles. The van der Waals surface area contributed by atoms with E-state index in [1.807, 2.05) is 0 Å². The second kappa shape index (κ2) is 9.07. The van der Waals surface area contributed by atoms with Crippen molar-refractivity contribution in [2.24, 2.45) is 28.6 Å². The van der Waals surface area contributed by atoms with E-state index >= 15 is 0 Å². The molecule has 2 fully saturated rings. The maximum Gasteiger partial charge on any atom is 0.311 e. The molecule has 0 unspecified atom stereocenters. The third kappa shape index (κ3) is 4.88. The van der Waals surface area contributed by atoms with E-state index < -0.39 is 29.2 Å². The van der Waals surface area contributed by atoms with E-state index in [1.165, 1.54) is 20.0 Å². The zero-order valence-electron chi connectivity index (χ0n) is 20.3. The van der Waals surface area contributed by atoms with E-state index in [-0.39, 0.29) is 16.7 Å². The summed E-state index contributed by atoms with van der Waals surface area (Å²) in [5.74, 6) is -0.357. The molecule has 3 N–H and O–H groups in total. The largest absolute Gasteiger partial charge is 0.469 e. The molecule has 0 aromatic heterocycles. The first kappa shape index (κ1) is 25.6. The van der Waals surface area contributed by atoms with E-state index in [9.17, 15) is 20.1 Å². The van der Waals surface area contributed by atoms with Crippen LogP contribution in [0.1, 0.15) is 99.3 Å². The molecule has 5 nitrogen and oxygen atoms in total. The van der Waals surface area contributed by atoms with E-state index in [0.717, 1.165) is 19.3 Å². The number of rotatable bonds is 8. The van der Waals surface area contributed by atoms with Gasteiger partial charge in [-0.3, -0.25) is 4.79 Å². The first-order valence-electron chi connectivity index (χ1n) is 11.9. The van der Waals surface area contributed by atoms with Crippen LogP contribution in [-0.2, 0) is 9.53 Å². The summed E-state index contributed by atoms with van der Waals surface area (Å²) in [5, 5.41) is 33.3. The molecule has 0 aromatic carbocycles. The third-order valence-corrected chi connectivity index (χ3v) is 9.10. The summed E-state index contributed by atoms with van der Waals surface area (Å²) in [6.07, 6.45) is 6.49. The van der Waals surface area contributed by atoms with Gasteiger partial charge >= 0.3 is 5.97 Å². The molecule has 5 heteroatoms. The molecule has 30 heavy (non-hydrogen) atoms. The standard InChI is InChI=1S/C25H46O5/c1-17-9-10-20-22(3,4)12-8-13-24(20,6)25(17,29)16-15-23(5,28)14-11-19(26)18(2)21(27)30-7/h17-20,26,28-29H,8-16H2,1-7H3/t17-,18+,19+,20+,23+,24+,25-/m1/s1. The SMILES string of the molecule is COC(=O)[C@@H](C)[C@@H](O)CC[C@](C)(O)CC[C@@]1(O)[C@H](C)CC[C@H]2C(C)(C)CCC[C@@]21C. The Morgan fingerprint density at radius 1 is 1.20 bits per heavy atom. The number of ether oxygens (including phenoxy) is 1. The smallest absolute Gasteiger partial charge is 0.311 e. The van der Waals surface area contributed by atoms with Crippen LogP contribution < -0.4 is 0 Å². The summed E-state index contributed by atoms with van der Waals surface area (Å²) in [4.78, 5) is 11.6. The van der Waals surface area contributed by atoms with Crippen LogP contribution >= 0.6 is 0 Å². The van der Waals surface area contributed by atoms with Gasteiger partial charge in [0, 0.05) is 0 Å². The second-order valence-corrected chi connectivity index (χ2v) is 11.6. The molecule has 7 atom stereocenters. The topological polar surface area (TPSA) is 87.0 Å². The van der Waals surface area contributed by atoms with Gasteiger partial charge in [-0.15, -0.1) is 0 Å². The van der Waals surface area contributed by atoms with Crippen molar-refractivity contribution >= 4 is 5.97 Å². The van der Waals surface area contributed by atoms with E-state index in [2.05, 4.69) is 27.7 Å². The second-order valence-electron chi connectivity index (χ2n) is 11.6. The zero-order chi connectivity index (χ0) is 23.0. The zero-order valence-corrected chi connectivity index (χ0v) is 20.3. The monoisotopic (exact) mass is 426 g/mol. The number of methoxy groups -OCH3 is 1. The van der Waals surface area contributed by atoms with Crippen molar-refractivity contribution in [3.8, 4) is 0 Å². The van der Waals surface area contributed by atoms with Crippen molar-refractivity contribution in [2.75, 3.05) is 7.11 Å². The molecule has 176 valence electrons. The Hall–Kier alpha value is -0.650. The van der Waals surface area contributed by atoms with Gasteiger partial charge in [-0.2, -0.15) is 0 Å². The van der Waals surface area contributed by atoms with Gasteiger partial charge in [-0.1, -0.05) is 34.1 Å². The van der Waals surface area contributed by atoms with Crippen LogP contribution in [0.25, 0.3) is 0 Å². The summed E-state index contributed by atoms with van der Waals surface area (Å²) in [5.41, 5.74) is -1.70. The Morgan fingerprint density at radius 2 is 1.83 bits per heavy atom. The molecule has 0 radical (unpaired) electrons. The Bertz CT molecular complexity index is 600. The van der Waals surface area contributed by atoms with Gasteiger partial charge in [0.05, 0.1) is 30.3 Å². The third-order valence-electron chi connectivity index (χ3n) is 9.10. The molecule has 2 rings (SSSR count). The number of aliphatic hydroxyl groups excluding tert-OH is 1. The molecular weight excluding hydrogens is 380 g/mol. The molecule has 0 bridgehead atoms. The Balaban J connectivity index is 2.07. The van der Waals surface area contributed by atoms with Gasteiger partial charge in [-0.05, 0) is 87.9 Å². The molecule has 0 spiro atoms.